The zero-order chi connectivity index (χ0) is 16.6. The van der Waals surface area contributed by atoms with Crippen molar-refractivity contribution >= 4 is 11.3 Å². The van der Waals surface area contributed by atoms with Gasteiger partial charge in [-0.25, -0.2) is 0 Å². The summed E-state index contributed by atoms with van der Waals surface area (Å²) in [6.45, 7) is 6.95. The summed E-state index contributed by atoms with van der Waals surface area (Å²) < 4.78 is 5.56. The Kier molecular flexibility index (Phi) is 2.65. The molecule has 2 aliphatic rings. The highest BCUT2D eigenvalue weighted by Gasteiger charge is 2.63. The van der Waals surface area contributed by atoms with Gasteiger partial charge in [0.05, 0.1) is 4.88 Å². The Morgan fingerprint density at radius 1 is 1.25 bits per heavy atom. The first kappa shape index (κ1) is 14.2. The topological polar surface area (TPSA) is 59.2 Å². The van der Waals surface area contributed by atoms with Crippen LogP contribution >= 0.6 is 11.3 Å². The molecule has 5 rings (SSSR count). The second-order valence-electron chi connectivity index (χ2n) is 7.46. The van der Waals surface area contributed by atoms with Gasteiger partial charge in [0.15, 0.2) is 0 Å². The molecule has 0 radical (unpaired) electrons. The van der Waals surface area contributed by atoms with E-state index in [1.165, 1.54) is 16.0 Å². The summed E-state index contributed by atoms with van der Waals surface area (Å²) in [5, 5.41) is 13.5. The van der Waals surface area contributed by atoms with E-state index in [0.717, 1.165) is 22.8 Å². The van der Waals surface area contributed by atoms with Crippen LogP contribution in [-0.4, -0.2) is 15.2 Å². The Morgan fingerprint density at radius 3 is 2.75 bits per heavy atom. The van der Waals surface area contributed by atoms with Gasteiger partial charge in [-0.05, 0) is 66.0 Å². The van der Waals surface area contributed by atoms with E-state index in [1.807, 2.05) is 0 Å². The van der Waals surface area contributed by atoms with Crippen LogP contribution in [0.3, 0.4) is 0 Å². The number of phenols is 1. The number of aryl methyl sites for hydroxylation is 1. The Balaban J connectivity index is 1.54. The van der Waals surface area contributed by atoms with Gasteiger partial charge in [0.1, 0.15) is 5.75 Å². The largest absolute Gasteiger partial charge is 0.508 e. The first-order valence-corrected chi connectivity index (χ1v) is 9.04. The van der Waals surface area contributed by atoms with Crippen molar-refractivity contribution in [2.75, 3.05) is 0 Å². The van der Waals surface area contributed by atoms with E-state index < -0.39 is 0 Å². The fourth-order valence-corrected chi connectivity index (χ4v) is 5.50. The lowest BCUT2D eigenvalue weighted by molar-refractivity contribution is 0.432. The number of hydrogen-bond donors (Lipinski definition) is 1. The Morgan fingerprint density at radius 2 is 2.00 bits per heavy atom. The molecule has 0 saturated heterocycles. The molecule has 0 bridgehead atoms. The van der Waals surface area contributed by atoms with Crippen molar-refractivity contribution < 1.29 is 9.63 Å². The van der Waals surface area contributed by atoms with E-state index in [9.17, 15) is 5.11 Å². The minimum Gasteiger partial charge on any atom is -0.508 e. The van der Waals surface area contributed by atoms with Gasteiger partial charge in [0, 0.05) is 10.4 Å². The van der Waals surface area contributed by atoms with E-state index in [2.05, 4.69) is 30.9 Å². The minimum atomic E-state index is 0.232. The number of nitrogens with zero attached hydrogens (tertiary/aromatic N) is 2. The van der Waals surface area contributed by atoms with Crippen molar-refractivity contribution in [3.63, 3.8) is 0 Å². The maximum absolute atomic E-state index is 9.40. The van der Waals surface area contributed by atoms with Crippen molar-refractivity contribution in [2.24, 2.45) is 11.3 Å². The molecule has 2 aromatic heterocycles. The third-order valence-corrected chi connectivity index (χ3v) is 6.92. The normalized spacial score (nSPS) is 23.1. The number of aromatic hydroxyl groups is 1. The first-order chi connectivity index (χ1) is 11.5. The highest BCUT2D eigenvalue weighted by Crippen LogP contribution is 2.72. The number of benzene rings is 1. The molecule has 1 N–H and O–H groups in total. The van der Waals surface area contributed by atoms with E-state index in [1.54, 1.807) is 35.6 Å². The molecule has 3 aromatic rings. The molecule has 1 aromatic carbocycles. The van der Waals surface area contributed by atoms with Gasteiger partial charge < -0.3 is 9.63 Å². The lowest BCUT2D eigenvalue weighted by Crippen LogP contribution is -1.99. The molecular weight excluding hydrogens is 320 g/mol. The number of rotatable bonds is 2. The van der Waals surface area contributed by atoms with Crippen molar-refractivity contribution in [1.82, 2.24) is 10.1 Å². The van der Waals surface area contributed by atoms with Gasteiger partial charge in [-0.1, -0.05) is 19.0 Å². The van der Waals surface area contributed by atoms with E-state index in [0.29, 0.717) is 23.0 Å². The zero-order valence-electron chi connectivity index (χ0n) is 13.8. The van der Waals surface area contributed by atoms with Gasteiger partial charge in [-0.3, -0.25) is 0 Å². The molecule has 0 unspecified atom stereocenters. The van der Waals surface area contributed by atoms with Gasteiger partial charge in [-0.15, -0.1) is 11.3 Å². The summed E-state index contributed by atoms with van der Waals surface area (Å²) in [6.07, 6.45) is 1.13. The molecular formula is C19H18N2O2S. The molecule has 24 heavy (non-hydrogen) atoms. The van der Waals surface area contributed by atoms with E-state index in [4.69, 9.17) is 4.52 Å². The maximum atomic E-state index is 9.40. The van der Waals surface area contributed by atoms with Crippen LogP contribution in [0.25, 0.3) is 22.2 Å². The smallest absolute Gasteiger partial charge is 0.268 e. The fourth-order valence-electron chi connectivity index (χ4n) is 4.35. The van der Waals surface area contributed by atoms with Crippen molar-refractivity contribution in [1.29, 1.82) is 0 Å². The van der Waals surface area contributed by atoms with Gasteiger partial charge >= 0.3 is 0 Å². The van der Waals surface area contributed by atoms with E-state index in [-0.39, 0.29) is 5.75 Å². The minimum absolute atomic E-state index is 0.232. The summed E-state index contributed by atoms with van der Waals surface area (Å²) in [7, 11) is 0. The molecule has 0 spiro atoms. The van der Waals surface area contributed by atoms with Gasteiger partial charge in [0.25, 0.3) is 5.89 Å². The number of thiophene rings is 1. The molecule has 5 heteroatoms. The summed E-state index contributed by atoms with van der Waals surface area (Å²) in [4.78, 5) is 7.13. The lowest BCUT2D eigenvalue weighted by Gasteiger charge is -2.08. The highest BCUT2D eigenvalue weighted by molar-refractivity contribution is 7.15. The molecule has 2 aliphatic carbocycles. The third kappa shape index (κ3) is 1.79. The highest BCUT2D eigenvalue weighted by atomic mass is 32.1. The van der Waals surface area contributed by atoms with Crippen LogP contribution in [0.1, 0.15) is 35.8 Å². The molecule has 2 atom stereocenters. The summed E-state index contributed by atoms with van der Waals surface area (Å²) >= 11 is 1.78. The van der Waals surface area contributed by atoms with Crippen molar-refractivity contribution in [3.8, 4) is 27.9 Å². The van der Waals surface area contributed by atoms with Crippen LogP contribution < -0.4 is 0 Å². The van der Waals surface area contributed by atoms with Crippen LogP contribution in [0, 0.1) is 18.3 Å². The number of phenolic OH excluding ortho intramolecular Hbond substituents is 1. The summed E-state index contributed by atoms with van der Waals surface area (Å²) in [6, 6.07) is 6.86. The second-order valence-corrected chi connectivity index (χ2v) is 8.68. The Labute approximate surface area is 144 Å². The van der Waals surface area contributed by atoms with Crippen LogP contribution in [0.15, 0.2) is 28.8 Å². The second kappa shape index (κ2) is 4.48. The maximum Gasteiger partial charge on any atom is 0.268 e. The zero-order valence-corrected chi connectivity index (χ0v) is 14.6. The van der Waals surface area contributed by atoms with Gasteiger partial charge in [0.2, 0.25) is 5.82 Å². The number of hydrogen-bond acceptors (Lipinski definition) is 5. The average molecular weight is 338 g/mol. The Hall–Kier alpha value is -2.14. The molecule has 0 aliphatic heterocycles. The average Bonchev–Trinajstić information content (AvgIpc) is 3.04. The third-order valence-electron chi connectivity index (χ3n) is 5.76. The van der Waals surface area contributed by atoms with Crippen LogP contribution in [0.5, 0.6) is 5.75 Å². The van der Waals surface area contributed by atoms with Gasteiger partial charge in [-0.2, -0.15) is 4.98 Å². The predicted molar refractivity (Wildman–Crippen MR) is 93.2 cm³/mol. The first-order valence-electron chi connectivity index (χ1n) is 8.22. The predicted octanol–water partition coefficient (Wildman–Crippen LogP) is 4.77. The fraction of sp³-hybridized carbons (Fsp3) is 0.368. The summed E-state index contributed by atoms with van der Waals surface area (Å²) in [5.41, 5.74) is 4.25. The van der Waals surface area contributed by atoms with Crippen LogP contribution in [0.4, 0.5) is 0 Å². The number of aromatic nitrogens is 2. The Bertz CT molecular complexity index is 952. The monoisotopic (exact) mass is 338 g/mol. The van der Waals surface area contributed by atoms with Crippen LogP contribution in [0.2, 0.25) is 0 Å². The van der Waals surface area contributed by atoms with E-state index >= 15 is 0 Å². The summed E-state index contributed by atoms with van der Waals surface area (Å²) in [5.74, 6) is 2.89. The quantitative estimate of drug-likeness (QED) is 0.731. The molecule has 2 heterocycles. The van der Waals surface area contributed by atoms with Crippen molar-refractivity contribution in [2.45, 2.75) is 33.1 Å². The molecule has 4 nitrogen and oxygen atoms in total. The standard InChI is InChI=1S/C19H18N2O2S/c1-9-14-12(8-13-15(14)19(13,2)3)16(24-9)18-20-17(21-23-18)10-4-6-11(22)7-5-10/h4-7,13,15,22H,8H2,1-3H3/t13-,15-/m1/s1. The molecule has 0 amide bonds. The van der Waals surface area contributed by atoms with Crippen LogP contribution in [-0.2, 0) is 6.42 Å². The molecule has 1 fully saturated rings. The number of fused-ring (bicyclic) bond motifs is 3. The SMILES string of the molecule is Cc1sc(-c2nc(-c3ccc(O)cc3)no2)c2c1[C@H]1[C@@H](C2)C1(C)C. The lowest BCUT2D eigenvalue weighted by atomic mass is 9.95. The van der Waals surface area contributed by atoms with Crippen molar-refractivity contribution in [3.05, 3.63) is 40.3 Å². The molecule has 1 saturated carbocycles. The molecule has 122 valence electrons.